The SMILES string of the molecule is CCCNCC1CCC(CCC)CC1c1sccc1Br. The first-order chi connectivity index (χ1) is 9.76. The van der Waals surface area contributed by atoms with Crippen molar-refractivity contribution < 1.29 is 0 Å². The molecule has 0 amide bonds. The lowest BCUT2D eigenvalue weighted by Gasteiger charge is -2.36. The molecule has 1 saturated carbocycles. The van der Waals surface area contributed by atoms with Crippen molar-refractivity contribution in [3.63, 3.8) is 0 Å². The molecule has 1 aliphatic rings. The van der Waals surface area contributed by atoms with Crippen molar-refractivity contribution >= 4 is 27.3 Å². The van der Waals surface area contributed by atoms with Gasteiger partial charge in [-0.15, -0.1) is 11.3 Å². The van der Waals surface area contributed by atoms with E-state index < -0.39 is 0 Å². The summed E-state index contributed by atoms with van der Waals surface area (Å²) in [5.41, 5.74) is 0. The summed E-state index contributed by atoms with van der Waals surface area (Å²) < 4.78 is 1.34. The molecular weight excluding hydrogens is 330 g/mol. The Morgan fingerprint density at radius 3 is 2.80 bits per heavy atom. The molecule has 1 nitrogen and oxygen atoms in total. The minimum absolute atomic E-state index is 0.763. The van der Waals surface area contributed by atoms with E-state index in [1.165, 1.54) is 49.5 Å². The van der Waals surface area contributed by atoms with E-state index in [9.17, 15) is 0 Å². The van der Waals surface area contributed by atoms with E-state index in [-0.39, 0.29) is 0 Å². The quantitative estimate of drug-likeness (QED) is 0.607. The lowest BCUT2D eigenvalue weighted by atomic mass is 9.72. The van der Waals surface area contributed by atoms with E-state index in [4.69, 9.17) is 0 Å². The van der Waals surface area contributed by atoms with Crippen molar-refractivity contribution in [1.82, 2.24) is 5.32 Å². The Morgan fingerprint density at radius 2 is 2.15 bits per heavy atom. The van der Waals surface area contributed by atoms with Crippen molar-refractivity contribution in [2.45, 2.75) is 58.3 Å². The molecule has 1 N–H and O–H groups in total. The van der Waals surface area contributed by atoms with E-state index in [2.05, 4.69) is 46.5 Å². The molecule has 0 aliphatic heterocycles. The van der Waals surface area contributed by atoms with Crippen LogP contribution in [0.15, 0.2) is 15.9 Å². The summed E-state index contributed by atoms with van der Waals surface area (Å²) in [6, 6.07) is 2.22. The van der Waals surface area contributed by atoms with Gasteiger partial charge in [0.25, 0.3) is 0 Å². The highest BCUT2D eigenvalue weighted by Gasteiger charge is 2.32. The Bertz CT molecular complexity index is 390. The lowest BCUT2D eigenvalue weighted by molar-refractivity contribution is 0.222. The van der Waals surface area contributed by atoms with Crippen LogP contribution in [0, 0.1) is 11.8 Å². The van der Waals surface area contributed by atoms with Gasteiger partial charge in [-0.3, -0.25) is 0 Å². The zero-order valence-electron chi connectivity index (χ0n) is 12.8. The van der Waals surface area contributed by atoms with Gasteiger partial charge in [0.15, 0.2) is 0 Å². The maximum atomic E-state index is 3.76. The molecule has 2 rings (SSSR count). The van der Waals surface area contributed by atoms with Crippen LogP contribution in [0.3, 0.4) is 0 Å². The third-order valence-electron chi connectivity index (χ3n) is 4.61. The summed E-state index contributed by atoms with van der Waals surface area (Å²) in [5.74, 6) is 2.53. The van der Waals surface area contributed by atoms with Crippen molar-refractivity contribution in [3.05, 3.63) is 20.8 Å². The first-order valence-corrected chi connectivity index (χ1v) is 9.87. The topological polar surface area (TPSA) is 12.0 Å². The van der Waals surface area contributed by atoms with Gasteiger partial charge in [0, 0.05) is 9.35 Å². The van der Waals surface area contributed by atoms with Crippen molar-refractivity contribution in [2.24, 2.45) is 11.8 Å². The molecule has 0 bridgehead atoms. The molecule has 114 valence electrons. The van der Waals surface area contributed by atoms with Crippen LogP contribution in [-0.4, -0.2) is 13.1 Å². The molecule has 3 heteroatoms. The predicted molar refractivity (Wildman–Crippen MR) is 93.7 cm³/mol. The molecule has 0 spiro atoms. The van der Waals surface area contributed by atoms with Gasteiger partial charge in [-0.05, 0) is 77.5 Å². The normalized spacial score (nSPS) is 26.9. The fourth-order valence-electron chi connectivity index (χ4n) is 3.59. The zero-order chi connectivity index (χ0) is 14.4. The third kappa shape index (κ3) is 4.32. The fourth-order valence-corrected chi connectivity index (χ4v) is 5.47. The molecular formula is C17H28BrNS. The minimum Gasteiger partial charge on any atom is -0.316 e. The summed E-state index contributed by atoms with van der Waals surface area (Å²) >= 11 is 5.70. The van der Waals surface area contributed by atoms with Gasteiger partial charge in [-0.2, -0.15) is 0 Å². The van der Waals surface area contributed by atoms with Crippen LogP contribution in [0.1, 0.15) is 63.2 Å². The van der Waals surface area contributed by atoms with Crippen LogP contribution in [0.2, 0.25) is 0 Å². The average Bonchev–Trinajstić information content (AvgIpc) is 2.87. The second-order valence-corrected chi connectivity index (χ2v) is 7.97. The Labute approximate surface area is 136 Å². The lowest BCUT2D eigenvalue weighted by Crippen LogP contribution is -2.32. The molecule has 0 saturated heterocycles. The van der Waals surface area contributed by atoms with Gasteiger partial charge in [-0.25, -0.2) is 0 Å². The van der Waals surface area contributed by atoms with Crippen molar-refractivity contribution in [3.8, 4) is 0 Å². The third-order valence-corrected chi connectivity index (χ3v) is 6.62. The van der Waals surface area contributed by atoms with E-state index in [1.807, 2.05) is 11.3 Å². The molecule has 3 atom stereocenters. The van der Waals surface area contributed by atoms with E-state index in [0.29, 0.717) is 0 Å². The van der Waals surface area contributed by atoms with Crippen LogP contribution >= 0.6 is 27.3 Å². The van der Waals surface area contributed by atoms with Crippen LogP contribution < -0.4 is 5.32 Å². The number of hydrogen-bond acceptors (Lipinski definition) is 2. The summed E-state index contributed by atoms with van der Waals surface area (Å²) in [4.78, 5) is 1.59. The molecule has 0 radical (unpaired) electrons. The summed E-state index contributed by atoms with van der Waals surface area (Å²) in [6.07, 6.45) is 8.21. The largest absolute Gasteiger partial charge is 0.316 e. The smallest absolute Gasteiger partial charge is 0.0317 e. The standard InChI is InChI=1S/C17H28BrNS/c1-3-5-13-6-7-14(12-19-9-4-2)15(11-13)17-16(18)8-10-20-17/h8,10,13-15,19H,3-7,9,11-12H2,1-2H3. The number of nitrogens with one attached hydrogen (secondary N) is 1. The molecule has 1 fully saturated rings. The first kappa shape index (κ1) is 16.5. The number of thiophene rings is 1. The molecule has 1 aromatic rings. The number of halogens is 1. The van der Waals surface area contributed by atoms with Gasteiger partial charge in [0.2, 0.25) is 0 Å². The summed E-state index contributed by atoms with van der Waals surface area (Å²) in [5, 5.41) is 5.89. The van der Waals surface area contributed by atoms with Gasteiger partial charge >= 0.3 is 0 Å². The van der Waals surface area contributed by atoms with Gasteiger partial charge in [0.1, 0.15) is 0 Å². The van der Waals surface area contributed by atoms with Crippen LogP contribution in [-0.2, 0) is 0 Å². The predicted octanol–water partition coefficient (Wildman–Crippen LogP) is 5.81. The highest BCUT2D eigenvalue weighted by atomic mass is 79.9. The highest BCUT2D eigenvalue weighted by Crippen LogP contribution is 2.45. The van der Waals surface area contributed by atoms with Crippen molar-refractivity contribution in [2.75, 3.05) is 13.1 Å². The summed E-state index contributed by atoms with van der Waals surface area (Å²) in [6.45, 7) is 6.93. The maximum Gasteiger partial charge on any atom is 0.0317 e. The van der Waals surface area contributed by atoms with Gasteiger partial charge in [-0.1, -0.05) is 33.1 Å². The van der Waals surface area contributed by atoms with Crippen LogP contribution in [0.4, 0.5) is 0 Å². The zero-order valence-corrected chi connectivity index (χ0v) is 15.2. The Balaban J connectivity index is 2.04. The molecule has 1 aliphatic carbocycles. The number of hydrogen-bond donors (Lipinski definition) is 1. The van der Waals surface area contributed by atoms with Gasteiger partial charge in [0.05, 0.1) is 0 Å². The molecule has 1 aromatic heterocycles. The molecule has 0 aromatic carbocycles. The maximum absolute atomic E-state index is 3.76. The fraction of sp³-hybridized carbons (Fsp3) is 0.765. The summed E-state index contributed by atoms with van der Waals surface area (Å²) in [7, 11) is 0. The van der Waals surface area contributed by atoms with Crippen LogP contribution in [0.25, 0.3) is 0 Å². The van der Waals surface area contributed by atoms with Crippen molar-refractivity contribution in [1.29, 1.82) is 0 Å². The van der Waals surface area contributed by atoms with E-state index in [1.54, 1.807) is 4.88 Å². The minimum atomic E-state index is 0.763. The monoisotopic (exact) mass is 357 g/mol. The Kier molecular flexibility index (Phi) is 7.06. The highest BCUT2D eigenvalue weighted by molar-refractivity contribution is 9.10. The molecule has 3 unspecified atom stereocenters. The van der Waals surface area contributed by atoms with E-state index >= 15 is 0 Å². The Morgan fingerprint density at radius 1 is 1.30 bits per heavy atom. The Hall–Kier alpha value is 0.140. The van der Waals surface area contributed by atoms with Gasteiger partial charge < -0.3 is 5.32 Å². The molecule has 1 heterocycles. The van der Waals surface area contributed by atoms with Crippen LogP contribution in [0.5, 0.6) is 0 Å². The second kappa shape index (κ2) is 8.55. The number of rotatable bonds is 7. The molecule has 20 heavy (non-hydrogen) atoms. The average molecular weight is 358 g/mol. The first-order valence-electron chi connectivity index (χ1n) is 8.19. The van der Waals surface area contributed by atoms with E-state index in [0.717, 1.165) is 24.3 Å². The second-order valence-electron chi connectivity index (χ2n) is 6.17.